The Kier molecular flexibility index (Phi) is 3.99. The minimum atomic E-state index is 0.854. The predicted molar refractivity (Wildman–Crippen MR) is 74.1 cm³/mol. The zero-order chi connectivity index (χ0) is 12.1. The lowest BCUT2D eigenvalue weighted by molar-refractivity contribution is 0.694. The highest BCUT2D eigenvalue weighted by Gasteiger charge is 2.06. The Morgan fingerprint density at radius 1 is 1.35 bits per heavy atom. The summed E-state index contributed by atoms with van der Waals surface area (Å²) in [6.07, 6.45) is 5.33. The van der Waals surface area contributed by atoms with Crippen molar-refractivity contribution >= 4 is 10.9 Å². The van der Waals surface area contributed by atoms with E-state index in [2.05, 4.69) is 53.8 Å². The predicted octanol–water partition coefficient (Wildman–Crippen LogP) is 3.33. The maximum Gasteiger partial charge on any atom is 0.0483 e. The van der Waals surface area contributed by atoms with E-state index in [1.165, 1.54) is 16.5 Å². The summed E-state index contributed by atoms with van der Waals surface area (Å²) in [4.78, 5) is 0. The highest BCUT2D eigenvalue weighted by Crippen LogP contribution is 2.21. The van der Waals surface area contributed by atoms with Gasteiger partial charge in [-0.05, 0) is 18.1 Å². The number of hydrogen-bond acceptors (Lipinski definition) is 1. The van der Waals surface area contributed by atoms with Crippen LogP contribution in [-0.2, 0) is 13.1 Å². The first-order valence-corrected chi connectivity index (χ1v) is 6.25. The first-order chi connectivity index (χ1) is 8.36. The quantitative estimate of drug-likeness (QED) is 0.593. The molecule has 0 spiro atoms. The zero-order valence-electron chi connectivity index (χ0n) is 10.4. The number of aromatic nitrogens is 1. The van der Waals surface area contributed by atoms with Gasteiger partial charge in [0.05, 0.1) is 0 Å². The third kappa shape index (κ3) is 2.59. The second-order valence-corrected chi connectivity index (χ2v) is 4.28. The van der Waals surface area contributed by atoms with E-state index in [1.807, 2.05) is 6.08 Å². The van der Waals surface area contributed by atoms with Gasteiger partial charge in [-0.15, -0.1) is 6.58 Å². The van der Waals surface area contributed by atoms with Gasteiger partial charge in [-0.3, -0.25) is 0 Å². The van der Waals surface area contributed by atoms with Crippen LogP contribution in [0.5, 0.6) is 0 Å². The second-order valence-electron chi connectivity index (χ2n) is 4.28. The molecule has 0 saturated heterocycles. The van der Waals surface area contributed by atoms with Crippen molar-refractivity contribution in [2.75, 3.05) is 6.54 Å². The normalized spacial score (nSPS) is 10.9. The molecule has 2 rings (SSSR count). The minimum Gasteiger partial charge on any atom is -0.347 e. The highest BCUT2D eigenvalue weighted by molar-refractivity contribution is 5.83. The molecular formula is C15H20N2. The van der Waals surface area contributed by atoms with Crippen LogP contribution < -0.4 is 5.32 Å². The molecule has 1 aromatic carbocycles. The molecule has 0 saturated carbocycles. The minimum absolute atomic E-state index is 0.854. The summed E-state index contributed by atoms with van der Waals surface area (Å²) in [5.74, 6) is 0. The molecule has 0 aliphatic heterocycles. The van der Waals surface area contributed by atoms with E-state index in [0.717, 1.165) is 26.1 Å². The average molecular weight is 228 g/mol. The van der Waals surface area contributed by atoms with Crippen LogP contribution in [0.3, 0.4) is 0 Å². The van der Waals surface area contributed by atoms with Crippen LogP contribution in [0, 0.1) is 0 Å². The van der Waals surface area contributed by atoms with Gasteiger partial charge in [-0.2, -0.15) is 0 Å². The fourth-order valence-electron chi connectivity index (χ4n) is 2.20. The first kappa shape index (κ1) is 11.9. The average Bonchev–Trinajstić information content (AvgIpc) is 2.70. The number of aryl methyl sites for hydroxylation is 1. The summed E-state index contributed by atoms with van der Waals surface area (Å²) in [6, 6.07) is 8.61. The van der Waals surface area contributed by atoms with Crippen molar-refractivity contribution in [2.45, 2.75) is 26.4 Å². The van der Waals surface area contributed by atoms with Gasteiger partial charge in [-0.1, -0.05) is 31.2 Å². The van der Waals surface area contributed by atoms with Gasteiger partial charge < -0.3 is 9.88 Å². The maximum absolute atomic E-state index is 3.72. The standard InChI is InChI=1S/C15H20N2/c1-3-9-16-11-13-12-17(10-4-2)15-8-6-5-7-14(13)15/h3,5-8,12,16H,1,4,9-11H2,2H3. The molecule has 0 aliphatic rings. The Bertz CT molecular complexity index is 497. The lowest BCUT2D eigenvalue weighted by Gasteiger charge is -2.01. The number of nitrogens with one attached hydrogen (secondary N) is 1. The molecule has 2 nitrogen and oxygen atoms in total. The third-order valence-electron chi connectivity index (χ3n) is 2.94. The molecule has 0 radical (unpaired) electrons. The van der Waals surface area contributed by atoms with Crippen molar-refractivity contribution in [1.82, 2.24) is 9.88 Å². The lowest BCUT2D eigenvalue weighted by atomic mass is 10.2. The van der Waals surface area contributed by atoms with E-state index >= 15 is 0 Å². The first-order valence-electron chi connectivity index (χ1n) is 6.25. The highest BCUT2D eigenvalue weighted by atomic mass is 15.0. The smallest absolute Gasteiger partial charge is 0.0483 e. The van der Waals surface area contributed by atoms with E-state index in [0.29, 0.717) is 0 Å². The van der Waals surface area contributed by atoms with E-state index in [4.69, 9.17) is 0 Å². The number of rotatable bonds is 6. The second kappa shape index (κ2) is 5.69. The maximum atomic E-state index is 3.72. The van der Waals surface area contributed by atoms with Crippen LogP contribution in [0.15, 0.2) is 43.1 Å². The molecule has 1 aromatic heterocycles. The molecule has 0 amide bonds. The fourth-order valence-corrected chi connectivity index (χ4v) is 2.20. The number of fused-ring (bicyclic) bond motifs is 1. The summed E-state index contributed by atoms with van der Waals surface area (Å²) in [5.41, 5.74) is 2.71. The van der Waals surface area contributed by atoms with Gasteiger partial charge in [0.25, 0.3) is 0 Å². The van der Waals surface area contributed by atoms with E-state index in [1.54, 1.807) is 0 Å². The van der Waals surface area contributed by atoms with Crippen LogP contribution in [0.1, 0.15) is 18.9 Å². The van der Waals surface area contributed by atoms with Crippen molar-refractivity contribution in [2.24, 2.45) is 0 Å². The Balaban J connectivity index is 2.31. The van der Waals surface area contributed by atoms with Crippen LogP contribution in [0.2, 0.25) is 0 Å². The molecule has 0 fully saturated rings. The van der Waals surface area contributed by atoms with Crippen molar-refractivity contribution < 1.29 is 0 Å². The number of nitrogens with zero attached hydrogens (tertiary/aromatic N) is 1. The largest absolute Gasteiger partial charge is 0.347 e. The number of para-hydroxylation sites is 1. The van der Waals surface area contributed by atoms with Crippen LogP contribution in [-0.4, -0.2) is 11.1 Å². The molecule has 1 N–H and O–H groups in total. The van der Waals surface area contributed by atoms with Crippen molar-refractivity contribution in [3.8, 4) is 0 Å². The van der Waals surface area contributed by atoms with Gasteiger partial charge in [0, 0.05) is 36.7 Å². The molecule has 17 heavy (non-hydrogen) atoms. The molecule has 1 heterocycles. The monoisotopic (exact) mass is 228 g/mol. The van der Waals surface area contributed by atoms with Crippen LogP contribution >= 0.6 is 0 Å². The lowest BCUT2D eigenvalue weighted by Crippen LogP contribution is -2.12. The van der Waals surface area contributed by atoms with Crippen molar-refractivity contribution in [3.05, 3.63) is 48.7 Å². The Morgan fingerprint density at radius 2 is 2.18 bits per heavy atom. The summed E-state index contributed by atoms with van der Waals surface area (Å²) < 4.78 is 2.35. The summed E-state index contributed by atoms with van der Waals surface area (Å²) >= 11 is 0. The number of hydrogen-bond donors (Lipinski definition) is 1. The third-order valence-corrected chi connectivity index (χ3v) is 2.94. The van der Waals surface area contributed by atoms with Crippen LogP contribution in [0.4, 0.5) is 0 Å². The molecule has 0 bridgehead atoms. The molecule has 0 aliphatic carbocycles. The molecule has 2 aromatic rings. The Morgan fingerprint density at radius 3 is 2.94 bits per heavy atom. The molecule has 90 valence electrons. The van der Waals surface area contributed by atoms with Gasteiger partial charge in [0.15, 0.2) is 0 Å². The van der Waals surface area contributed by atoms with E-state index in [9.17, 15) is 0 Å². The fraction of sp³-hybridized carbons (Fsp3) is 0.333. The molecule has 2 heteroatoms. The van der Waals surface area contributed by atoms with Gasteiger partial charge in [0.1, 0.15) is 0 Å². The van der Waals surface area contributed by atoms with Crippen molar-refractivity contribution in [1.29, 1.82) is 0 Å². The van der Waals surface area contributed by atoms with E-state index in [-0.39, 0.29) is 0 Å². The zero-order valence-corrected chi connectivity index (χ0v) is 10.4. The number of benzene rings is 1. The van der Waals surface area contributed by atoms with Gasteiger partial charge >= 0.3 is 0 Å². The summed E-state index contributed by atoms with van der Waals surface area (Å²) in [5, 5.41) is 4.73. The van der Waals surface area contributed by atoms with Gasteiger partial charge in [0.2, 0.25) is 0 Å². The Labute approximate surface area is 103 Å². The van der Waals surface area contributed by atoms with E-state index < -0.39 is 0 Å². The summed E-state index contributed by atoms with van der Waals surface area (Å²) in [7, 11) is 0. The summed E-state index contributed by atoms with van der Waals surface area (Å²) in [6.45, 7) is 8.78. The van der Waals surface area contributed by atoms with Gasteiger partial charge in [-0.25, -0.2) is 0 Å². The van der Waals surface area contributed by atoms with Crippen molar-refractivity contribution in [3.63, 3.8) is 0 Å². The van der Waals surface area contributed by atoms with Crippen LogP contribution in [0.25, 0.3) is 10.9 Å². The SMILES string of the molecule is C=CCNCc1cn(CCC)c2ccccc12. The molecule has 0 atom stereocenters. The molecule has 0 unspecified atom stereocenters. The molecular weight excluding hydrogens is 208 g/mol. The topological polar surface area (TPSA) is 17.0 Å². The Hall–Kier alpha value is -1.54.